The highest BCUT2D eigenvalue weighted by Crippen LogP contribution is 2.42. The lowest BCUT2D eigenvalue weighted by molar-refractivity contribution is 0.141. The minimum atomic E-state index is 1.02. The molecule has 0 atom stereocenters. The average Bonchev–Trinajstić information content (AvgIpc) is 2.60. The minimum Gasteiger partial charge on any atom is -0.103 e. The van der Waals surface area contributed by atoms with Crippen LogP contribution in [0.4, 0.5) is 0 Å². The Kier molecular flexibility index (Phi) is 9.09. The quantitative estimate of drug-likeness (QED) is 0.302. The van der Waals surface area contributed by atoms with Crippen molar-refractivity contribution in [3.8, 4) is 0 Å². The monoisotopic (exact) mass is 316 g/mol. The first-order valence-electron chi connectivity index (χ1n) is 10.6. The third-order valence-electron chi connectivity index (χ3n) is 6.59. The van der Waals surface area contributed by atoms with E-state index in [2.05, 4.69) is 25.7 Å². The molecule has 0 aromatic carbocycles. The molecule has 2 saturated carbocycles. The van der Waals surface area contributed by atoms with Crippen LogP contribution in [-0.2, 0) is 0 Å². The molecular weight excluding hydrogens is 276 g/mol. The number of hydrogen-bond donors (Lipinski definition) is 0. The van der Waals surface area contributed by atoms with Crippen LogP contribution in [-0.4, -0.2) is 0 Å². The van der Waals surface area contributed by atoms with Crippen molar-refractivity contribution < 1.29 is 0 Å². The van der Waals surface area contributed by atoms with Gasteiger partial charge in [0.25, 0.3) is 0 Å². The summed E-state index contributed by atoms with van der Waals surface area (Å²) in [5, 5.41) is 0. The summed E-state index contributed by atoms with van der Waals surface area (Å²) in [6.07, 6.45) is 27.0. The van der Waals surface area contributed by atoms with Crippen molar-refractivity contribution in [3.05, 3.63) is 24.8 Å². The molecule has 0 radical (unpaired) electrons. The second-order valence-electron chi connectivity index (χ2n) is 8.27. The molecule has 2 aliphatic rings. The standard InChI is InChI=1S/C23H40/c1-3-5-6-7-8-9-11-21-14-18-23(19-15-21)22-16-12-20(10-4-2)13-17-22/h3,7-8,20-23H,1,4-6,9-19H2,2H3/b8-7+. The van der Waals surface area contributed by atoms with Crippen molar-refractivity contribution in [2.75, 3.05) is 0 Å². The van der Waals surface area contributed by atoms with Crippen molar-refractivity contribution in [3.63, 3.8) is 0 Å². The van der Waals surface area contributed by atoms with E-state index in [-0.39, 0.29) is 0 Å². The van der Waals surface area contributed by atoms with Gasteiger partial charge < -0.3 is 0 Å². The van der Waals surface area contributed by atoms with Gasteiger partial charge in [0, 0.05) is 0 Å². The van der Waals surface area contributed by atoms with Crippen LogP contribution < -0.4 is 0 Å². The van der Waals surface area contributed by atoms with E-state index in [1.54, 1.807) is 12.8 Å². The average molecular weight is 317 g/mol. The smallest absolute Gasteiger partial charge is 0.0316 e. The van der Waals surface area contributed by atoms with Crippen LogP contribution in [0.3, 0.4) is 0 Å². The first-order chi connectivity index (χ1) is 11.3. The molecule has 0 nitrogen and oxygen atoms in total. The van der Waals surface area contributed by atoms with Gasteiger partial charge in [-0.1, -0.05) is 63.7 Å². The SMILES string of the molecule is C=CCC/C=C/CCC1CCC(C2CCC(CCC)CC2)CC1. The van der Waals surface area contributed by atoms with Gasteiger partial charge >= 0.3 is 0 Å². The summed E-state index contributed by atoms with van der Waals surface area (Å²) in [5.74, 6) is 4.26. The fourth-order valence-corrected chi connectivity index (χ4v) is 5.09. The molecule has 0 aromatic heterocycles. The number of unbranched alkanes of at least 4 members (excludes halogenated alkanes) is 1. The van der Waals surface area contributed by atoms with Crippen LogP contribution in [0, 0.1) is 23.7 Å². The Balaban J connectivity index is 1.57. The summed E-state index contributed by atoms with van der Waals surface area (Å²) < 4.78 is 0. The van der Waals surface area contributed by atoms with E-state index in [1.807, 2.05) is 6.08 Å². The highest BCUT2D eigenvalue weighted by Gasteiger charge is 2.30. The molecule has 0 N–H and O–H groups in total. The minimum absolute atomic E-state index is 1.02. The molecule has 23 heavy (non-hydrogen) atoms. The molecule has 2 rings (SSSR count). The molecule has 0 heteroatoms. The Morgan fingerprint density at radius 1 is 0.696 bits per heavy atom. The summed E-state index contributed by atoms with van der Waals surface area (Å²) in [6, 6.07) is 0. The molecule has 0 spiro atoms. The predicted molar refractivity (Wildman–Crippen MR) is 104 cm³/mol. The van der Waals surface area contributed by atoms with Gasteiger partial charge in [0.15, 0.2) is 0 Å². The van der Waals surface area contributed by atoms with E-state index in [9.17, 15) is 0 Å². The maximum absolute atomic E-state index is 3.78. The first-order valence-corrected chi connectivity index (χ1v) is 10.6. The highest BCUT2D eigenvalue weighted by atomic mass is 14.4. The van der Waals surface area contributed by atoms with Gasteiger partial charge in [-0.2, -0.15) is 0 Å². The lowest BCUT2D eigenvalue weighted by atomic mass is 9.68. The maximum Gasteiger partial charge on any atom is -0.0316 e. The number of allylic oxidation sites excluding steroid dienone is 3. The molecule has 2 fully saturated rings. The van der Waals surface area contributed by atoms with E-state index in [1.165, 1.54) is 70.6 Å². The fraction of sp³-hybridized carbons (Fsp3) is 0.826. The van der Waals surface area contributed by atoms with Gasteiger partial charge in [0.1, 0.15) is 0 Å². The number of rotatable bonds is 9. The molecule has 0 saturated heterocycles. The fourth-order valence-electron chi connectivity index (χ4n) is 5.09. The van der Waals surface area contributed by atoms with E-state index in [4.69, 9.17) is 0 Å². The Morgan fingerprint density at radius 2 is 1.22 bits per heavy atom. The van der Waals surface area contributed by atoms with E-state index < -0.39 is 0 Å². The lowest BCUT2D eigenvalue weighted by Crippen LogP contribution is -2.25. The Labute approximate surface area is 145 Å². The zero-order valence-electron chi connectivity index (χ0n) is 15.6. The van der Waals surface area contributed by atoms with Crippen molar-refractivity contribution in [1.82, 2.24) is 0 Å². The van der Waals surface area contributed by atoms with Crippen LogP contribution in [0.15, 0.2) is 24.8 Å². The molecule has 132 valence electrons. The maximum atomic E-state index is 3.78. The summed E-state index contributed by atoms with van der Waals surface area (Å²) in [7, 11) is 0. The predicted octanol–water partition coefficient (Wildman–Crippen LogP) is 7.70. The Morgan fingerprint density at radius 3 is 1.74 bits per heavy atom. The molecule has 0 bridgehead atoms. The van der Waals surface area contributed by atoms with Gasteiger partial charge in [-0.05, 0) is 75.0 Å². The largest absolute Gasteiger partial charge is 0.103 e. The van der Waals surface area contributed by atoms with Crippen LogP contribution in [0.2, 0.25) is 0 Å². The van der Waals surface area contributed by atoms with E-state index in [0.717, 1.165) is 30.1 Å². The lowest BCUT2D eigenvalue weighted by Gasteiger charge is -2.38. The van der Waals surface area contributed by atoms with E-state index in [0.29, 0.717) is 0 Å². The first kappa shape index (κ1) is 18.8. The Bertz CT molecular complexity index is 324. The van der Waals surface area contributed by atoms with Crippen molar-refractivity contribution in [2.24, 2.45) is 23.7 Å². The van der Waals surface area contributed by atoms with Gasteiger partial charge in [-0.15, -0.1) is 6.58 Å². The molecule has 0 amide bonds. The Hall–Kier alpha value is -0.520. The second-order valence-corrected chi connectivity index (χ2v) is 8.27. The summed E-state index contributed by atoms with van der Waals surface area (Å²) >= 11 is 0. The van der Waals surface area contributed by atoms with Gasteiger partial charge in [0.05, 0.1) is 0 Å². The normalized spacial score (nSPS) is 32.2. The summed E-state index contributed by atoms with van der Waals surface area (Å²) in [6.45, 7) is 6.13. The molecule has 0 aromatic rings. The third-order valence-corrected chi connectivity index (χ3v) is 6.59. The molecular formula is C23H40. The van der Waals surface area contributed by atoms with Crippen LogP contribution >= 0.6 is 0 Å². The zero-order chi connectivity index (χ0) is 16.3. The van der Waals surface area contributed by atoms with Crippen molar-refractivity contribution >= 4 is 0 Å². The molecule has 0 unspecified atom stereocenters. The van der Waals surface area contributed by atoms with Crippen molar-refractivity contribution in [1.29, 1.82) is 0 Å². The summed E-state index contributed by atoms with van der Waals surface area (Å²) in [5.41, 5.74) is 0. The van der Waals surface area contributed by atoms with Gasteiger partial charge in [-0.3, -0.25) is 0 Å². The van der Waals surface area contributed by atoms with Crippen molar-refractivity contribution in [2.45, 2.75) is 96.8 Å². The van der Waals surface area contributed by atoms with Gasteiger partial charge in [-0.25, -0.2) is 0 Å². The van der Waals surface area contributed by atoms with E-state index >= 15 is 0 Å². The topological polar surface area (TPSA) is 0 Å². The molecule has 0 aliphatic heterocycles. The van der Waals surface area contributed by atoms with Gasteiger partial charge in [0.2, 0.25) is 0 Å². The van der Waals surface area contributed by atoms with Crippen LogP contribution in [0.1, 0.15) is 96.8 Å². The summed E-state index contributed by atoms with van der Waals surface area (Å²) in [4.78, 5) is 0. The van der Waals surface area contributed by atoms with Crippen LogP contribution in [0.25, 0.3) is 0 Å². The number of hydrogen-bond acceptors (Lipinski definition) is 0. The second kappa shape index (κ2) is 11.1. The third kappa shape index (κ3) is 6.86. The molecule has 0 heterocycles. The molecule has 2 aliphatic carbocycles. The van der Waals surface area contributed by atoms with Crippen LogP contribution in [0.5, 0.6) is 0 Å². The zero-order valence-corrected chi connectivity index (χ0v) is 15.6. The highest BCUT2D eigenvalue weighted by molar-refractivity contribution is 4.86.